The Morgan fingerprint density at radius 2 is 1.63 bits per heavy atom. The molecule has 19 heavy (non-hydrogen) atoms. The highest BCUT2D eigenvalue weighted by molar-refractivity contribution is 5.04. The molecule has 0 spiro atoms. The predicted molar refractivity (Wildman–Crippen MR) is 80.7 cm³/mol. The summed E-state index contributed by atoms with van der Waals surface area (Å²) in [5.74, 6) is 2.53. The molecule has 2 aliphatic rings. The molecule has 0 saturated heterocycles. The van der Waals surface area contributed by atoms with Crippen LogP contribution in [0.25, 0.3) is 0 Å². The van der Waals surface area contributed by atoms with Crippen molar-refractivity contribution in [2.24, 2.45) is 23.2 Å². The van der Waals surface area contributed by atoms with Gasteiger partial charge in [-0.1, -0.05) is 52.4 Å². The Bertz CT molecular complexity index is 300. The lowest BCUT2D eigenvalue weighted by molar-refractivity contribution is 0.0961. The van der Waals surface area contributed by atoms with Crippen LogP contribution in [0.4, 0.5) is 0 Å². The fourth-order valence-electron chi connectivity index (χ4n) is 4.66. The average molecular weight is 261 g/mol. The van der Waals surface area contributed by atoms with Gasteiger partial charge in [0.1, 0.15) is 0 Å². The van der Waals surface area contributed by atoms with E-state index in [2.05, 4.69) is 19.9 Å². The van der Waals surface area contributed by atoms with E-state index >= 15 is 0 Å². The summed E-state index contributed by atoms with van der Waals surface area (Å²) in [7, 11) is 0. The number of rotatable bonds is 4. The molecule has 0 amide bonds. The molecule has 1 unspecified atom stereocenters. The molecule has 2 aliphatic carbocycles. The van der Waals surface area contributed by atoms with Crippen LogP contribution in [0.15, 0.2) is 0 Å². The molecule has 1 nitrogen and oxygen atoms in total. The lowest BCUT2D eigenvalue weighted by Gasteiger charge is -2.42. The molecule has 0 aromatic heterocycles. The molecule has 0 bridgehead atoms. The molecule has 0 N–H and O–H groups in total. The normalized spacial score (nSPS) is 34.7. The molecule has 0 aliphatic heterocycles. The van der Waals surface area contributed by atoms with Gasteiger partial charge in [-0.05, 0) is 49.9 Å². The predicted octanol–water partition coefficient (Wildman–Crippen LogP) is 5.70. The lowest BCUT2D eigenvalue weighted by Crippen LogP contribution is -2.34. The van der Waals surface area contributed by atoms with Gasteiger partial charge >= 0.3 is 0 Å². The van der Waals surface area contributed by atoms with Gasteiger partial charge in [-0.3, -0.25) is 0 Å². The maximum atomic E-state index is 9.69. The molecular formula is C18H31N. The van der Waals surface area contributed by atoms with Crippen molar-refractivity contribution in [2.75, 3.05) is 0 Å². The Balaban J connectivity index is 1.91. The molecule has 1 heteroatoms. The van der Waals surface area contributed by atoms with E-state index in [1.165, 1.54) is 70.6 Å². The largest absolute Gasteiger partial charge is 0.198 e. The summed E-state index contributed by atoms with van der Waals surface area (Å²) in [5.41, 5.74) is 0.0151. The van der Waals surface area contributed by atoms with Crippen LogP contribution in [0, 0.1) is 34.5 Å². The summed E-state index contributed by atoms with van der Waals surface area (Å²) in [5, 5.41) is 9.69. The SMILES string of the molecule is CCCC(C)C1(C#N)CCC(C2CCCCC2)CC1. The number of hydrogen-bond donors (Lipinski definition) is 0. The Labute approximate surface area is 119 Å². The third-order valence-electron chi connectivity index (χ3n) is 6.13. The van der Waals surface area contributed by atoms with Crippen molar-refractivity contribution < 1.29 is 0 Å². The van der Waals surface area contributed by atoms with Crippen molar-refractivity contribution in [3.8, 4) is 6.07 Å². The van der Waals surface area contributed by atoms with E-state index in [4.69, 9.17) is 0 Å². The van der Waals surface area contributed by atoms with Gasteiger partial charge in [0.2, 0.25) is 0 Å². The molecule has 2 fully saturated rings. The van der Waals surface area contributed by atoms with Crippen molar-refractivity contribution in [3.63, 3.8) is 0 Å². The Morgan fingerprint density at radius 1 is 1.05 bits per heavy atom. The molecule has 108 valence electrons. The van der Waals surface area contributed by atoms with Crippen molar-refractivity contribution in [3.05, 3.63) is 0 Å². The Kier molecular flexibility index (Phi) is 5.31. The quantitative estimate of drug-likeness (QED) is 0.636. The number of nitriles is 1. The van der Waals surface area contributed by atoms with E-state index in [0.29, 0.717) is 5.92 Å². The zero-order valence-electron chi connectivity index (χ0n) is 13.0. The monoisotopic (exact) mass is 261 g/mol. The van der Waals surface area contributed by atoms with Crippen molar-refractivity contribution in [1.29, 1.82) is 5.26 Å². The molecular weight excluding hydrogens is 230 g/mol. The Morgan fingerprint density at radius 3 is 2.16 bits per heavy atom. The van der Waals surface area contributed by atoms with Gasteiger partial charge in [0.15, 0.2) is 0 Å². The first-order chi connectivity index (χ1) is 9.22. The van der Waals surface area contributed by atoms with Gasteiger partial charge in [-0.2, -0.15) is 5.26 Å². The zero-order chi connectivity index (χ0) is 13.7. The summed E-state index contributed by atoms with van der Waals surface area (Å²) in [6.07, 6.45) is 14.7. The van der Waals surface area contributed by atoms with Gasteiger partial charge in [0.05, 0.1) is 11.5 Å². The number of hydrogen-bond acceptors (Lipinski definition) is 1. The second-order valence-electron chi connectivity index (χ2n) is 7.19. The summed E-state index contributed by atoms with van der Waals surface area (Å²) >= 11 is 0. The van der Waals surface area contributed by atoms with E-state index < -0.39 is 0 Å². The third-order valence-corrected chi connectivity index (χ3v) is 6.13. The summed E-state index contributed by atoms with van der Waals surface area (Å²) < 4.78 is 0. The van der Waals surface area contributed by atoms with Crippen LogP contribution < -0.4 is 0 Å². The number of nitrogens with zero attached hydrogens (tertiary/aromatic N) is 1. The van der Waals surface area contributed by atoms with E-state index in [-0.39, 0.29) is 5.41 Å². The maximum absolute atomic E-state index is 9.69. The van der Waals surface area contributed by atoms with Gasteiger partial charge in [-0.25, -0.2) is 0 Å². The lowest BCUT2D eigenvalue weighted by atomic mass is 9.61. The maximum Gasteiger partial charge on any atom is 0.0692 e. The standard InChI is InChI=1S/C18H31N/c1-3-7-15(2)18(14-19)12-10-17(11-13-18)16-8-5-4-6-9-16/h15-17H,3-13H2,1-2H3. The van der Waals surface area contributed by atoms with Crippen LogP contribution in [-0.4, -0.2) is 0 Å². The van der Waals surface area contributed by atoms with E-state index in [1.54, 1.807) is 0 Å². The fourth-order valence-corrected chi connectivity index (χ4v) is 4.66. The minimum Gasteiger partial charge on any atom is -0.198 e. The molecule has 0 aromatic carbocycles. The molecule has 2 saturated carbocycles. The minimum atomic E-state index is 0.0151. The molecule has 0 aromatic rings. The second kappa shape index (κ2) is 6.78. The molecule has 0 radical (unpaired) electrons. The molecule has 2 rings (SSSR count). The van der Waals surface area contributed by atoms with Crippen LogP contribution in [0.2, 0.25) is 0 Å². The highest BCUT2D eigenvalue weighted by atomic mass is 14.5. The molecule has 1 atom stereocenters. The van der Waals surface area contributed by atoms with E-state index in [1.807, 2.05) is 0 Å². The average Bonchev–Trinajstić information content (AvgIpc) is 2.48. The van der Waals surface area contributed by atoms with Crippen LogP contribution in [-0.2, 0) is 0 Å². The van der Waals surface area contributed by atoms with Gasteiger partial charge in [0, 0.05) is 0 Å². The van der Waals surface area contributed by atoms with Crippen molar-refractivity contribution >= 4 is 0 Å². The van der Waals surface area contributed by atoms with Crippen LogP contribution in [0.5, 0.6) is 0 Å². The minimum absolute atomic E-state index is 0.0151. The smallest absolute Gasteiger partial charge is 0.0692 e. The van der Waals surface area contributed by atoms with E-state index in [9.17, 15) is 5.26 Å². The highest BCUT2D eigenvalue weighted by Gasteiger charge is 2.41. The zero-order valence-corrected chi connectivity index (χ0v) is 13.0. The van der Waals surface area contributed by atoms with Gasteiger partial charge in [0.25, 0.3) is 0 Å². The van der Waals surface area contributed by atoms with Crippen LogP contribution in [0.1, 0.15) is 84.5 Å². The van der Waals surface area contributed by atoms with Crippen molar-refractivity contribution in [1.82, 2.24) is 0 Å². The Hall–Kier alpha value is -0.510. The first kappa shape index (κ1) is 14.9. The fraction of sp³-hybridized carbons (Fsp3) is 0.944. The van der Waals surface area contributed by atoms with E-state index in [0.717, 1.165) is 11.8 Å². The first-order valence-corrected chi connectivity index (χ1v) is 8.63. The van der Waals surface area contributed by atoms with Crippen LogP contribution >= 0.6 is 0 Å². The summed E-state index contributed by atoms with van der Waals surface area (Å²) in [6.45, 7) is 4.56. The first-order valence-electron chi connectivity index (χ1n) is 8.63. The summed E-state index contributed by atoms with van der Waals surface area (Å²) in [6, 6.07) is 2.73. The van der Waals surface area contributed by atoms with Gasteiger partial charge in [-0.15, -0.1) is 0 Å². The molecule has 0 heterocycles. The van der Waals surface area contributed by atoms with Crippen molar-refractivity contribution in [2.45, 2.75) is 84.5 Å². The van der Waals surface area contributed by atoms with Crippen LogP contribution in [0.3, 0.4) is 0 Å². The second-order valence-corrected chi connectivity index (χ2v) is 7.19. The topological polar surface area (TPSA) is 23.8 Å². The highest BCUT2D eigenvalue weighted by Crippen LogP contribution is 2.49. The summed E-state index contributed by atoms with van der Waals surface area (Å²) in [4.78, 5) is 0. The third kappa shape index (κ3) is 3.33. The van der Waals surface area contributed by atoms with Gasteiger partial charge < -0.3 is 0 Å².